The zero-order valence-corrected chi connectivity index (χ0v) is 23.7. The number of hydrogen-bond donors (Lipinski definition) is 1. The molecule has 0 aliphatic carbocycles. The van der Waals surface area contributed by atoms with E-state index in [1.807, 2.05) is 58.0 Å². The van der Waals surface area contributed by atoms with Crippen molar-refractivity contribution in [1.29, 1.82) is 0 Å². The summed E-state index contributed by atoms with van der Waals surface area (Å²) >= 11 is 0. The molecule has 0 spiro atoms. The summed E-state index contributed by atoms with van der Waals surface area (Å²) in [7, 11) is -2.57. The van der Waals surface area contributed by atoms with Crippen LogP contribution in [-0.4, -0.2) is 40.6 Å². The number of fused-ring (bicyclic) bond motifs is 1. The predicted molar refractivity (Wildman–Crippen MR) is 151 cm³/mol. The Balaban J connectivity index is 1.53. The van der Waals surface area contributed by atoms with Gasteiger partial charge in [0, 0.05) is 12.2 Å². The van der Waals surface area contributed by atoms with Gasteiger partial charge >= 0.3 is 5.97 Å². The second-order valence-electron chi connectivity index (χ2n) is 10.1. The maximum Gasteiger partial charge on any atom is 0.342 e. The van der Waals surface area contributed by atoms with Crippen LogP contribution in [0.3, 0.4) is 0 Å². The Hall–Kier alpha value is -3.85. The topological polar surface area (TPSA) is 102 Å². The lowest BCUT2D eigenvalue weighted by Gasteiger charge is -2.21. The SMILES string of the molecule is COc1ccc(S(=O)(=O)N2CCc3ccccc32)cc1C(=O)OCC(=O)Nc1c(C(C)C)cccc1C(C)C. The Kier molecular flexibility index (Phi) is 8.30. The van der Waals surface area contributed by atoms with Gasteiger partial charge < -0.3 is 14.8 Å². The first-order chi connectivity index (χ1) is 18.5. The fraction of sp³-hybridized carbons (Fsp3) is 0.333. The molecule has 0 saturated carbocycles. The number of amides is 1. The molecule has 39 heavy (non-hydrogen) atoms. The molecule has 0 bridgehead atoms. The summed E-state index contributed by atoms with van der Waals surface area (Å²) in [4.78, 5) is 25.8. The highest BCUT2D eigenvalue weighted by Gasteiger charge is 2.32. The largest absolute Gasteiger partial charge is 0.496 e. The van der Waals surface area contributed by atoms with E-state index in [0.29, 0.717) is 18.7 Å². The second-order valence-corrected chi connectivity index (χ2v) is 11.9. The zero-order chi connectivity index (χ0) is 28.3. The maximum absolute atomic E-state index is 13.5. The lowest BCUT2D eigenvalue weighted by atomic mass is 9.92. The third-order valence-electron chi connectivity index (χ3n) is 6.80. The van der Waals surface area contributed by atoms with Crippen molar-refractivity contribution < 1.29 is 27.5 Å². The van der Waals surface area contributed by atoms with Gasteiger partial charge in [-0.1, -0.05) is 64.1 Å². The summed E-state index contributed by atoms with van der Waals surface area (Å²) in [6.45, 7) is 7.95. The number of esters is 1. The van der Waals surface area contributed by atoms with Crippen LogP contribution in [0.5, 0.6) is 5.75 Å². The number of methoxy groups -OCH3 is 1. The molecule has 3 aromatic rings. The molecule has 3 aromatic carbocycles. The van der Waals surface area contributed by atoms with E-state index in [1.165, 1.54) is 29.6 Å². The van der Waals surface area contributed by atoms with Crippen LogP contribution in [0.1, 0.15) is 66.6 Å². The fourth-order valence-corrected chi connectivity index (χ4v) is 6.30. The number of hydrogen-bond acceptors (Lipinski definition) is 6. The number of nitrogens with zero attached hydrogens (tertiary/aromatic N) is 1. The van der Waals surface area contributed by atoms with Gasteiger partial charge in [-0.15, -0.1) is 0 Å². The zero-order valence-electron chi connectivity index (χ0n) is 22.9. The van der Waals surface area contributed by atoms with E-state index in [4.69, 9.17) is 9.47 Å². The van der Waals surface area contributed by atoms with Gasteiger partial charge in [0.15, 0.2) is 6.61 Å². The standard InChI is InChI=1S/C30H34N2O6S/c1-19(2)23-10-8-11-24(20(3)4)29(23)31-28(33)18-38-30(34)25-17-22(13-14-27(25)37-5)39(35,36)32-16-15-21-9-6-7-12-26(21)32/h6-14,17,19-20H,15-16,18H2,1-5H3,(H,31,33). The van der Waals surface area contributed by atoms with Crippen LogP contribution >= 0.6 is 0 Å². The molecule has 0 saturated heterocycles. The van der Waals surface area contributed by atoms with Crippen LogP contribution in [0.15, 0.2) is 65.6 Å². The minimum Gasteiger partial charge on any atom is -0.496 e. The number of nitrogens with one attached hydrogen (secondary N) is 1. The lowest BCUT2D eigenvalue weighted by molar-refractivity contribution is -0.119. The highest BCUT2D eigenvalue weighted by atomic mass is 32.2. The fourth-order valence-electron chi connectivity index (χ4n) is 4.77. The number of ether oxygens (including phenoxy) is 2. The smallest absolute Gasteiger partial charge is 0.342 e. The van der Waals surface area contributed by atoms with Gasteiger partial charge in [0.05, 0.1) is 17.7 Å². The number of carbonyl (C=O) groups is 2. The molecule has 9 heteroatoms. The van der Waals surface area contributed by atoms with Crippen LogP contribution in [0.2, 0.25) is 0 Å². The Morgan fingerprint density at radius 3 is 2.26 bits per heavy atom. The van der Waals surface area contributed by atoms with Crippen molar-refractivity contribution in [2.24, 2.45) is 0 Å². The van der Waals surface area contributed by atoms with E-state index >= 15 is 0 Å². The van der Waals surface area contributed by atoms with E-state index in [2.05, 4.69) is 5.32 Å². The van der Waals surface area contributed by atoms with Gasteiger partial charge in [0.2, 0.25) is 0 Å². The molecule has 1 aliphatic heterocycles. The Labute approximate surface area is 230 Å². The molecule has 0 atom stereocenters. The van der Waals surface area contributed by atoms with Crippen molar-refractivity contribution >= 4 is 33.3 Å². The van der Waals surface area contributed by atoms with Gasteiger partial charge in [-0.05, 0) is 59.2 Å². The van der Waals surface area contributed by atoms with Crippen molar-refractivity contribution in [3.8, 4) is 5.75 Å². The molecule has 0 fully saturated rings. The average molecular weight is 551 g/mol. The average Bonchev–Trinajstić information content (AvgIpc) is 3.36. The lowest BCUT2D eigenvalue weighted by Crippen LogP contribution is -2.29. The summed E-state index contributed by atoms with van der Waals surface area (Å²) < 4.78 is 38.9. The predicted octanol–water partition coefficient (Wildman–Crippen LogP) is 5.49. The number of sulfonamides is 1. The normalized spacial score (nSPS) is 12.9. The van der Waals surface area contributed by atoms with Crippen molar-refractivity contribution in [2.75, 3.05) is 29.9 Å². The van der Waals surface area contributed by atoms with Gasteiger partial charge in [-0.3, -0.25) is 9.10 Å². The maximum atomic E-state index is 13.5. The Bertz CT molecular complexity index is 1470. The number of anilines is 2. The van der Waals surface area contributed by atoms with Crippen LogP contribution in [0.4, 0.5) is 11.4 Å². The second kappa shape index (κ2) is 11.5. The highest BCUT2D eigenvalue weighted by molar-refractivity contribution is 7.92. The summed E-state index contributed by atoms with van der Waals surface area (Å²) in [6, 6.07) is 17.3. The molecule has 206 valence electrons. The summed E-state index contributed by atoms with van der Waals surface area (Å²) in [5, 5.41) is 2.91. The molecule has 0 unspecified atom stereocenters. The van der Waals surface area contributed by atoms with Crippen molar-refractivity contribution in [2.45, 2.75) is 50.8 Å². The van der Waals surface area contributed by atoms with Crippen LogP contribution in [0, 0.1) is 0 Å². The molecule has 0 aromatic heterocycles. The molecule has 4 rings (SSSR count). The van der Waals surface area contributed by atoms with Crippen LogP contribution < -0.4 is 14.4 Å². The molecular weight excluding hydrogens is 516 g/mol. The Morgan fingerprint density at radius 1 is 0.949 bits per heavy atom. The first-order valence-corrected chi connectivity index (χ1v) is 14.4. The monoisotopic (exact) mass is 550 g/mol. The van der Waals surface area contributed by atoms with Gasteiger partial charge in [0.25, 0.3) is 15.9 Å². The number of rotatable bonds is 9. The molecule has 1 heterocycles. The van der Waals surface area contributed by atoms with Crippen LogP contribution in [0.25, 0.3) is 0 Å². The van der Waals surface area contributed by atoms with E-state index in [-0.39, 0.29) is 28.0 Å². The van der Waals surface area contributed by atoms with Crippen molar-refractivity contribution in [3.63, 3.8) is 0 Å². The molecular formula is C30H34N2O6S. The third-order valence-corrected chi connectivity index (χ3v) is 8.60. The molecule has 0 radical (unpaired) electrons. The summed E-state index contributed by atoms with van der Waals surface area (Å²) in [5.74, 6) is -0.846. The van der Waals surface area contributed by atoms with Crippen molar-refractivity contribution in [3.05, 3.63) is 82.9 Å². The van der Waals surface area contributed by atoms with E-state index in [0.717, 1.165) is 22.4 Å². The molecule has 1 amide bonds. The quantitative estimate of drug-likeness (QED) is 0.354. The highest BCUT2D eigenvalue weighted by Crippen LogP contribution is 2.35. The first kappa shape index (κ1) is 28.2. The number of benzene rings is 3. The van der Waals surface area contributed by atoms with Gasteiger partial charge in [-0.2, -0.15) is 0 Å². The number of para-hydroxylation sites is 2. The third kappa shape index (κ3) is 5.78. The molecule has 1 aliphatic rings. The molecule has 1 N–H and O–H groups in total. The van der Waals surface area contributed by atoms with Gasteiger partial charge in [0.1, 0.15) is 11.3 Å². The number of carbonyl (C=O) groups excluding carboxylic acids is 2. The van der Waals surface area contributed by atoms with Gasteiger partial charge in [-0.25, -0.2) is 13.2 Å². The molecule has 8 nitrogen and oxygen atoms in total. The van der Waals surface area contributed by atoms with E-state index < -0.39 is 28.5 Å². The first-order valence-electron chi connectivity index (χ1n) is 12.9. The minimum atomic E-state index is -3.94. The van der Waals surface area contributed by atoms with Crippen LogP contribution in [-0.2, 0) is 26.0 Å². The Morgan fingerprint density at radius 2 is 1.62 bits per heavy atom. The van der Waals surface area contributed by atoms with E-state index in [9.17, 15) is 18.0 Å². The van der Waals surface area contributed by atoms with Crippen molar-refractivity contribution in [1.82, 2.24) is 0 Å². The minimum absolute atomic E-state index is 0.0659. The summed E-state index contributed by atoms with van der Waals surface area (Å²) in [6.07, 6.45) is 0.605. The summed E-state index contributed by atoms with van der Waals surface area (Å²) in [5.41, 5.74) is 4.19. The van der Waals surface area contributed by atoms with E-state index in [1.54, 1.807) is 12.1 Å².